The quantitative estimate of drug-likeness (QED) is 0.785. The topological polar surface area (TPSA) is 29.9 Å². The number of hydrogen-bond donors (Lipinski definition) is 1. The van der Waals surface area contributed by atoms with Gasteiger partial charge in [0.2, 0.25) is 0 Å². The van der Waals surface area contributed by atoms with Gasteiger partial charge in [-0.15, -0.1) is 0 Å². The standard InChI is InChI=1S/C17H19N3/c1-18-16(17-10-11-19-20(17)2)12-14-8-5-7-13-6-3-4-9-15(13)14/h3-11,16,18H,12H2,1-2H3. The van der Waals surface area contributed by atoms with Crippen LogP contribution in [0.4, 0.5) is 0 Å². The molecule has 0 aliphatic carbocycles. The molecule has 1 aromatic heterocycles. The van der Waals surface area contributed by atoms with E-state index in [4.69, 9.17) is 0 Å². The van der Waals surface area contributed by atoms with Gasteiger partial charge in [-0.05, 0) is 35.9 Å². The van der Waals surface area contributed by atoms with Gasteiger partial charge in [0.05, 0.1) is 11.7 Å². The molecule has 1 N–H and O–H groups in total. The van der Waals surface area contributed by atoms with Crippen molar-refractivity contribution < 1.29 is 0 Å². The summed E-state index contributed by atoms with van der Waals surface area (Å²) in [4.78, 5) is 0. The third-order valence-electron chi connectivity index (χ3n) is 3.87. The lowest BCUT2D eigenvalue weighted by Crippen LogP contribution is -2.21. The minimum absolute atomic E-state index is 0.272. The summed E-state index contributed by atoms with van der Waals surface area (Å²) < 4.78 is 1.94. The van der Waals surface area contributed by atoms with Gasteiger partial charge in [-0.25, -0.2) is 0 Å². The number of aromatic nitrogens is 2. The largest absolute Gasteiger partial charge is 0.311 e. The molecule has 1 unspecified atom stereocenters. The Morgan fingerprint density at radius 1 is 1.10 bits per heavy atom. The number of benzene rings is 2. The van der Waals surface area contributed by atoms with Crippen molar-refractivity contribution in [1.29, 1.82) is 0 Å². The van der Waals surface area contributed by atoms with Crippen molar-refractivity contribution in [2.75, 3.05) is 7.05 Å². The molecular weight excluding hydrogens is 246 g/mol. The summed E-state index contributed by atoms with van der Waals surface area (Å²) in [5.41, 5.74) is 2.57. The molecule has 0 amide bonds. The lowest BCUT2D eigenvalue weighted by Gasteiger charge is -2.17. The summed E-state index contributed by atoms with van der Waals surface area (Å²) in [6.45, 7) is 0. The van der Waals surface area contributed by atoms with Crippen molar-refractivity contribution >= 4 is 10.8 Å². The summed E-state index contributed by atoms with van der Waals surface area (Å²) in [6.07, 6.45) is 2.81. The highest BCUT2D eigenvalue weighted by atomic mass is 15.3. The average molecular weight is 265 g/mol. The third-order valence-corrected chi connectivity index (χ3v) is 3.87. The Hall–Kier alpha value is -2.13. The molecule has 3 nitrogen and oxygen atoms in total. The van der Waals surface area contributed by atoms with E-state index in [2.05, 4.69) is 58.9 Å². The number of fused-ring (bicyclic) bond motifs is 1. The Balaban J connectivity index is 1.98. The van der Waals surface area contributed by atoms with Gasteiger partial charge in [0.1, 0.15) is 0 Å². The molecule has 0 aliphatic heterocycles. The predicted molar refractivity (Wildman–Crippen MR) is 82.7 cm³/mol. The van der Waals surface area contributed by atoms with E-state index in [0.717, 1.165) is 6.42 Å². The molecule has 3 rings (SSSR count). The predicted octanol–water partition coefficient (Wildman–Crippen LogP) is 3.08. The van der Waals surface area contributed by atoms with Crippen molar-refractivity contribution in [2.24, 2.45) is 7.05 Å². The molecular formula is C17H19N3. The van der Waals surface area contributed by atoms with Crippen LogP contribution in [-0.4, -0.2) is 16.8 Å². The number of hydrogen-bond acceptors (Lipinski definition) is 2. The Morgan fingerprint density at radius 3 is 2.65 bits per heavy atom. The number of nitrogens with one attached hydrogen (secondary N) is 1. The smallest absolute Gasteiger partial charge is 0.0553 e. The zero-order valence-electron chi connectivity index (χ0n) is 11.9. The van der Waals surface area contributed by atoms with Crippen molar-refractivity contribution in [3.8, 4) is 0 Å². The second-order valence-corrected chi connectivity index (χ2v) is 5.06. The van der Waals surface area contributed by atoms with Gasteiger partial charge in [0, 0.05) is 13.2 Å². The van der Waals surface area contributed by atoms with Gasteiger partial charge >= 0.3 is 0 Å². The van der Waals surface area contributed by atoms with Crippen molar-refractivity contribution in [1.82, 2.24) is 15.1 Å². The molecule has 3 aromatic rings. The van der Waals surface area contributed by atoms with E-state index in [0.29, 0.717) is 0 Å². The molecule has 0 saturated carbocycles. The minimum Gasteiger partial charge on any atom is -0.311 e. The van der Waals surface area contributed by atoms with Gasteiger partial charge < -0.3 is 5.32 Å². The molecule has 0 radical (unpaired) electrons. The van der Waals surface area contributed by atoms with Crippen LogP contribution in [0.25, 0.3) is 10.8 Å². The molecule has 0 bridgehead atoms. The van der Waals surface area contributed by atoms with Crippen LogP contribution < -0.4 is 5.32 Å². The SMILES string of the molecule is CNC(Cc1cccc2ccccc12)c1ccnn1C. The summed E-state index contributed by atoms with van der Waals surface area (Å²) in [5, 5.41) is 10.3. The van der Waals surface area contributed by atoms with E-state index in [-0.39, 0.29) is 6.04 Å². The van der Waals surface area contributed by atoms with Crippen LogP contribution in [0.15, 0.2) is 54.7 Å². The molecule has 0 saturated heterocycles. The Kier molecular flexibility index (Phi) is 3.52. The van der Waals surface area contributed by atoms with E-state index < -0.39 is 0 Å². The Morgan fingerprint density at radius 2 is 1.90 bits per heavy atom. The molecule has 0 aliphatic rings. The first-order valence-corrected chi connectivity index (χ1v) is 6.91. The minimum atomic E-state index is 0.272. The molecule has 1 atom stereocenters. The monoisotopic (exact) mass is 265 g/mol. The van der Waals surface area contributed by atoms with E-state index in [1.54, 1.807) is 0 Å². The van der Waals surface area contributed by atoms with Crippen molar-refractivity contribution in [2.45, 2.75) is 12.5 Å². The highest BCUT2D eigenvalue weighted by molar-refractivity contribution is 5.85. The zero-order chi connectivity index (χ0) is 13.9. The normalized spacial score (nSPS) is 12.7. The molecule has 102 valence electrons. The molecule has 0 fully saturated rings. The maximum Gasteiger partial charge on any atom is 0.0553 e. The molecule has 2 aromatic carbocycles. The Labute approximate surface area is 119 Å². The highest BCUT2D eigenvalue weighted by Crippen LogP contribution is 2.24. The molecule has 0 spiro atoms. The first-order chi connectivity index (χ1) is 9.79. The van der Waals surface area contributed by atoms with Crippen LogP contribution in [0, 0.1) is 0 Å². The maximum absolute atomic E-state index is 4.27. The lowest BCUT2D eigenvalue weighted by atomic mass is 9.97. The molecule has 3 heteroatoms. The van der Waals surface area contributed by atoms with Crippen LogP contribution in [-0.2, 0) is 13.5 Å². The van der Waals surface area contributed by atoms with Crippen LogP contribution in [0.5, 0.6) is 0 Å². The van der Waals surface area contributed by atoms with Gasteiger partial charge in [-0.3, -0.25) is 4.68 Å². The van der Waals surface area contributed by atoms with Crippen molar-refractivity contribution in [3.05, 3.63) is 66.0 Å². The second-order valence-electron chi connectivity index (χ2n) is 5.06. The van der Waals surface area contributed by atoms with Gasteiger partial charge in [-0.1, -0.05) is 42.5 Å². The fourth-order valence-corrected chi connectivity index (χ4v) is 2.77. The van der Waals surface area contributed by atoms with Crippen LogP contribution in [0.2, 0.25) is 0 Å². The van der Waals surface area contributed by atoms with Gasteiger partial charge in [0.25, 0.3) is 0 Å². The lowest BCUT2D eigenvalue weighted by molar-refractivity contribution is 0.539. The number of likely N-dealkylation sites (N-methyl/N-ethyl adjacent to an activating group) is 1. The molecule has 20 heavy (non-hydrogen) atoms. The van der Waals surface area contributed by atoms with Crippen molar-refractivity contribution in [3.63, 3.8) is 0 Å². The Bertz CT molecular complexity index is 710. The maximum atomic E-state index is 4.27. The first kappa shape index (κ1) is 12.9. The molecule has 1 heterocycles. The number of aryl methyl sites for hydroxylation is 1. The fraction of sp³-hybridized carbons (Fsp3) is 0.235. The third kappa shape index (κ3) is 2.32. The van der Waals surface area contributed by atoms with Crippen LogP contribution in [0.3, 0.4) is 0 Å². The summed E-state index contributed by atoms with van der Waals surface area (Å²) >= 11 is 0. The van der Waals surface area contributed by atoms with Gasteiger partial charge in [0.15, 0.2) is 0 Å². The zero-order valence-corrected chi connectivity index (χ0v) is 11.9. The summed E-state index contributed by atoms with van der Waals surface area (Å²) in [7, 11) is 3.99. The summed E-state index contributed by atoms with van der Waals surface area (Å²) in [5.74, 6) is 0. The first-order valence-electron chi connectivity index (χ1n) is 6.91. The van der Waals surface area contributed by atoms with E-state index in [1.807, 2.05) is 25.0 Å². The van der Waals surface area contributed by atoms with Crippen LogP contribution in [0.1, 0.15) is 17.3 Å². The van der Waals surface area contributed by atoms with E-state index in [9.17, 15) is 0 Å². The highest BCUT2D eigenvalue weighted by Gasteiger charge is 2.14. The van der Waals surface area contributed by atoms with E-state index in [1.165, 1.54) is 22.0 Å². The van der Waals surface area contributed by atoms with Gasteiger partial charge in [-0.2, -0.15) is 5.10 Å². The second kappa shape index (κ2) is 5.47. The fourth-order valence-electron chi connectivity index (χ4n) is 2.77. The average Bonchev–Trinajstić information content (AvgIpc) is 2.91. The number of nitrogens with zero attached hydrogens (tertiary/aromatic N) is 2. The van der Waals surface area contributed by atoms with Crippen LogP contribution >= 0.6 is 0 Å². The summed E-state index contributed by atoms with van der Waals surface area (Å²) in [6, 6.07) is 17.4. The number of rotatable bonds is 4. The van der Waals surface area contributed by atoms with E-state index >= 15 is 0 Å².